The fourth-order valence-corrected chi connectivity index (χ4v) is 16.5. The largest absolute Gasteiger partial charge is 0.257 e. The first-order chi connectivity index (χ1) is 7.01. The molecule has 0 saturated heterocycles. The summed E-state index contributed by atoms with van der Waals surface area (Å²) in [6.07, 6.45) is 0. The van der Waals surface area contributed by atoms with Crippen LogP contribution >= 0.6 is 64.3 Å². The Kier molecular flexibility index (Phi) is 4.98. The van der Waals surface area contributed by atoms with Gasteiger partial charge < -0.3 is 0 Å². The molecular weight excluding hydrogens is 353 g/mol. The van der Waals surface area contributed by atoms with E-state index in [0.717, 1.165) is 0 Å². The van der Waals surface area contributed by atoms with E-state index in [4.69, 9.17) is 45.0 Å². The van der Waals surface area contributed by atoms with Crippen LogP contribution in [-0.2, 0) is 0 Å². The summed E-state index contributed by atoms with van der Waals surface area (Å²) >= 11 is 24.8. The number of hydrogen-bond acceptors (Lipinski definition) is 5. The van der Waals surface area contributed by atoms with Crippen LogP contribution in [-0.4, -0.2) is 37.5 Å². The second-order valence-corrected chi connectivity index (χ2v) is 16.1. The third kappa shape index (κ3) is 3.41. The Morgan fingerprint density at radius 2 is 1.06 bits per heavy atom. The van der Waals surface area contributed by atoms with Crippen molar-refractivity contribution < 1.29 is 0 Å². The molecule has 0 aromatic rings. The van der Waals surface area contributed by atoms with E-state index in [2.05, 4.69) is 13.5 Å². The van der Waals surface area contributed by atoms with E-state index in [9.17, 15) is 0 Å². The Bertz CT molecular complexity index is 437. The first kappa shape index (κ1) is 15.8. The minimum absolute atomic E-state index is 1.70. The van der Waals surface area contributed by atoms with Crippen molar-refractivity contribution >= 4 is 64.3 Å². The molecule has 2 atom stereocenters. The van der Waals surface area contributed by atoms with Crippen molar-refractivity contribution in [3.8, 4) is 0 Å². The van der Waals surface area contributed by atoms with Crippen LogP contribution in [0.4, 0.5) is 0 Å². The lowest BCUT2D eigenvalue weighted by Gasteiger charge is -2.31. The molecule has 0 radical (unpaired) electrons. The molecule has 0 fully saturated rings. The van der Waals surface area contributed by atoms with Gasteiger partial charge in [-0.25, -0.2) is 9.34 Å². The van der Waals surface area contributed by atoms with Crippen molar-refractivity contribution in [1.29, 1.82) is 0 Å². The molecule has 0 amide bonds. The van der Waals surface area contributed by atoms with E-state index in [-0.39, 0.29) is 0 Å². The molecule has 0 saturated carbocycles. The van der Waals surface area contributed by atoms with Crippen LogP contribution < -0.4 is 0 Å². The average Bonchev–Trinajstić information content (AvgIpc) is 1.98. The monoisotopic (exact) mass is 363 g/mol. The lowest BCUT2D eigenvalue weighted by Crippen LogP contribution is -2.07. The predicted octanol–water partition coefficient (Wildman–Crippen LogP) is 5.92. The summed E-state index contributed by atoms with van der Waals surface area (Å²) in [6.45, 7) is -5.22. The van der Waals surface area contributed by atoms with Crippen molar-refractivity contribution in [2.24, 2.45) is 13.5 Å². The van der Waals surface area contributed by atoms with E-state index in [1.807, 2.05) is 0 Å². The highest BCUT2D eigenvalue weighted by molar-refractivity contribution is 8.17. The number of nitrogens with zero attached hydrogens (tertiary/aromatic N) is 5. The van der Waals surface area contributed by atoms with Gasteiger partial charge in [0.15, 0.2) is 0 Å². The third-order valence-electron chi connectivity index (χ3n) is 1.69. The molecule has 1 aliphatic rings. The molecule has 0 N–H and O–H groups in total. The van der Waals surface area contributed by atoms with Crippen LogP contribution in [0.1, 0.15) is 0 Å². The summed E-state index contributed by atoms with van der Waals surface area (Å²) in [5.41, 5.74) is 0. The minimum atomic E-state index is -2.84. The van der Waals surface area contributed by atoms with Gasteiger partial charge in [0.2, 0.25) is 13.4 Å². The molecule has 0 aromatic carbocycles. The predicted molar refractivity (Wildman–Crippen MR) is 78.8 cm³/mol. The topological polar surface area (TPSA) is 43.6 Å². The summed E-state index contributed by atoms with van der Waals surface area (Å²) in [5, 5.41) is 0. The summed E-state index contributed by atoms with van der Waals surface area (Å²) in [5.74, 6) is -2.84. The summed E-state index contributed by atoms with van der Waals surface area (Å²) in [4.78, 5) is 0. The van der Waals surface area contributed by atoms with Crippen LogP contribution in [0.2, 0.25) is 0 Å². The van der Waals surface area contributed by atoms with Crippen molar-refractivity contribution in [2.75, 3.05) is 28.2 Å². The minimum Gasteiger partial charge on any atom is -0.246 e. The van der Waals surface area contributed by atoms with Crippen molar-refractivity contribution in [3.63, 3.8) is 0 Å². The third-order valence-corrected chi connectivity index (χ3v) is 15.8. The molecule has 0 bridgehead atoms. The SMILES string of the molecule is CN(C)P1(Cl)=NP(Cl)(Cl)=NP(Cl)(N(C)C)=N1. The van der Waals surface area contributed by atoms with E-state index >= 15 is 0 Å². The Hall–Kier alpha value is 1.77. The molecule has 0 spiro atoms. The van der Waals surface area contributed by atoms with Crippen LogP contribution in [0, 0.1) is 0 Å². The second kappa shape index (κ2) is 5.04. The van der Waals surface area contributed by atoms with Crippen LogP contribution in [0.15, 0.2) is 13.5 Å². The van der Waals surface area contributed by atoms with Gasteiger partial charge in [-0.15, -0.1) is 0 Å². The lowest BCUT2D eigenvalue weighted by molar-refractivity contribution is 0.669. The van der Waals surface area contributed by atoms with Gasteiger partial charge in [0.25, 0.3) is 5.91 Å². The molecule has 16 heavy (non-hydrogen) atoms. The maximum Gasteiger partial charge on any atom is 0.257 e. The molecule has 5 nitrogen and oxygen atoms in total. The first-order valence-electron chi connectivity index (χ1n) is 4.06. The van der Waals surface area contributed by atoms with E-state index in [1.54, 1.807) is 37.5 Å². The van der Waals surface area contributed by atoms with Gasteiger partial charge in [-0.1, -0.05) is 0 Å². The highest BCUT2D eigenvalue weighted by Crippen LogP contribution is 2.85. The van der Waals surface area contributed by atoms with Gasteiger partial charge in [-0.3, -0.25) is 0 Å². The van der Waals surface area contributed by atoms with Crippen LogP contribution in [0.25, 0.3) is 0 Å². The Morgan fingerprint density at radius 3 is 1.44 bits per heavy atom. The zero-order valence-corrected chi connectivity index (χ0v) is 14.8. The van der Waals surface area contributed by atoms with Crippen molar-refractivity contribution in [1.82, 2.24) is 9.34 Å². The molecule has 12 heteroatoms. The Morgan fingerprint density at radius 1 is 0.688 bits per heavy atom. The quantitative estimate of drug-likeness (QED) is 0.571. The highest BCUT2D eigenvalue weighted by Gasteiger charge is 2.35. The lowest BCUT2D eigenvalue weighted by atomic mass is 11.3. The zero-order valence-electron chi connectivity index (χ0n) is 9.09. The number of halogens is 4. The fraction of sp³-hybridized carbons (Fsp3) is 1.00. The fourth-order valence-electron chi connectivity index (χ4n) is 0.792. The second-order valence-electron chi connectivity index (χ2n) is 3.41. The summed E-state index contributed by atoms with van der Waals surface area (Å²) in [7, 11) is 7.07. The molecule has 2 unspecified atom stereocenters. The molecule has 1 rings (SSSR count). The molecule has 96 valence electrons. The molecule has 0 aliphatic carbocycles. The summed E-state index contributed by atoms with van der Waals surface area (Å²) < 4.78 is 16.1. The molecular formula is C4H12Cl4N5P3. The Labute approximate surface area is 115 Å². The van der Waals surface area contributed by atoms with E-state index in [1.165, 1.54) is 0 Å². The van der Waals surface area contributed by atoms with E-state index < -0.39 is 19.3 Å². The van der Waals surface area contributed by atoms with Crippen LogP contribution in [0.3, 0.4) is 0 Å². The highest BCUT2D eigenvalue weighted by atomic mass is 35.9. The smallest absolute Gasteiger partial charge is 0.246 e. The molecule has 0 aromatic heterocycles. The van der Waals surface area contributed by atoms with Gasteiger partial charge in [0.05, 0.1) is 0 Å². The maximum absolute atomic E-state index is 6.34. The normalized spacial score (nSPS) is 37.9. The van der Waals surface area contributed by atoms with E-state index in [0.29, 0.717) is 0 Å². The van der Waals surface area contributed by atoms with Crippen molar-refractivity contribution in [2.45, 2.75) is 0 Å². The molecule has 1 heterocycles. The first-order valence-corrected chi connectivity index (χ1v) is 12.7. The summed E-state index contributed by atoms with van der Waals surface area (Å²) in [6, 6.07) is 0. The average molecular weight is 365 g/mol. The number of rotatable bonds is 2. The Balaban J connectivity index is 3.56. The van der Waals surface area contributed by atoms with Gasteiger partial charge >= 0.3 is 0 Å². The number of hydrogen-bond donors (Lipinski definition) is 0. The standard InChI is InChI=1S/C4H12Cl4N5P3/c1-12(2)15(7)9-14(5,6)10-16(8,11-15)13(3)4/h1-4H3. The van der Waals surface area contributed by atoms with Gasteiger partial charge in [0.1, 0.15) is 0 Å². The van der Waals surface area contributed by atoms with Gasteiger partial charge in [0, 0.05) is 0 Å². The maximum atomic E-state index is 6.34. The van der Waals surface area contributed by atoms with Crippen LogP contribution in [0.5, 0.6) is 0 Å². The van der Waals surface area contributed by atoms with Gasteiger partial charge in [-0.05, 0) is 73.2 Å². The molecule has 1 aliphatic heterocycles. The van der Waals surface area contributed by atoms with Gasteiger partial charge in [-0.2, -0.15) is 13.5 Å². The zero-order chi connectivity index (χ0) is 12.8. The van der Waals surface area contributed by atoms with Crippen molar-refractivity contribution in [3.05, 3.63) is 0 Å².